The van der Waals surface area contributed by atoms with Gasteiger partial charge in [0.05, 0.1) is 11.8 Å². The highest BCUT2D eigenvalue weighted by Gasteiger charge is 2.41. The molecular weight excluding hydrogens is 365 g/mol. The molecule has 2 aliphatic rings. The Morgan fingerprint density at radius 1 is 1.15 bits per heavy atom. The lowest BCUT2D eigenvalue weighted by molar-refractivity contribution is -0.137. The van der Waals surface area contributed by atoms with Gasteiger partial charge in [0, 0.05) is 25.2 Å². The van der Waals surface area contributed by atoms with Gasteiger partial charge in [-0.05, 0) is 42.9 Å². The van der Waals surface area contributed by atoms with Crippen molar-refractivity contribution in [1.29, 1.82) is 0 Å². The summed E-state index contributed by atoms with van der Waals surface area (Å²) in [5.74, 6) is 0.616. The van der Waals surface area contributed by atoms with Crippen LogP contribution < -0.4 is 4.72 Å². The number of nitrogens with one attached hydrogen (secondary N) is 1. The van der Waals surface area contributed by atoms with Gasteiger partial charge in [-0.2, -0.15) is 13.2 Å². The topological polar surface area (TPSA) is 49.4 Å². The Balaban J connectivity index is 1.59. The molecule has 8 heteroatoms. The molecule has 146 valence electrons. The molecule has 0 amide bonds. The quantitative estimate of drug-likeness (QED) is 0.810. The average molecular weight is 390 g/mol. The smallest absolute Gasteiger partial charge is 0.299 e. The van der Waals surface area contributed by atoms with Crippen molar-refractivity contribution in [1.82, 2.24) is 9.62 Å². The third kappa shape index (κ3) is 5.44. The molecule has 0 aromatic heterocycles. The number of likely N-dealkylation sites (tertiary alicyclic amines) is 1. The molecule has 0 spiro atoms. The molecule has 0 unspecified atom stereocenters. The van der Waals surface area contributed by atoms with E-state index in [0.29, 0.717) is 12.5 Å². The van der Waals surface area contributed by atoms with Gasteiger partial charge in [0.25, 0.3) is 0 Å². The molecule has 26 heavy (non-hydrogen) atoms. The van der Waals surface area contributed by atoms with E-state index in [2.05, 4.69) is 9.62 Å². The van der Waals surface area contributed by atoms with Crippen LogP contribution in [0.2, 0.25) is 0 Å². The molecule has 1 heterocycles. The summed E-state index contributed by atoms with van der Waals surface area (Å²) in [6.07, 6.45) is 1.58. The van der Waals surface area contributed by atoms with E-state index in [4.69, 9.17) is 0 Å². The van der Waals surface area contributed by atoms with Gasteiger partial charge >= 0.3 is 6.18 Å². The average Bonchev–Trinajstić information content (AvgIpc) is 3.31. The second-order valence-electron chi connectivity index (χ2n) is 7.77. The first-order valence-electron chi connectivity index (χ1n) is 8.92. The Morgan fingerprint density at radius 2 is 1.73 bits per heavy atom. The van der Waals surface area contributed by atoms with E-state index in [0.717, 1.165) is 50.0 Å². The number of hydrogen-bond donors (Lipinski definition) is 1. The molecule has 2 fully saturated rings. The minimum atomic E-state index is -4.32. The molecule has 1 aliphatic carbocycles. The largest absolute Gasteiger partial charge is 0.416 e. The third-order valence-electron chi connectivity index (χ3n) is 5.28. The SMILES string of the molecule is CS(=O)(=O)NC1(CC2CC2)CCN(Cc2ccc(C(F)(F)F)cc2)CC1. The predicted molar refractivity (Wildman–Crippen MR) is 94.0 cm³/mol. The molecule has 1 saturated heterocycles. The normalized spacial score (nSPS) is 21.7. The minimum absolute atomic E-state index is 0.370. The van der Waals surface area contributed by atoms with Crippen LogP contribution in [-0.4, -0.2) is 38.2 Å². The first-order chi connectivity index (χ1) is 12.0. The summed E-state index contributed by atoms with van der Waals surface area (Å²) in [5, 5.41) is 0. The molecule has 0 atom stereocenters. The van der Waals surface area contributed by atoms with Crippen molar-refractivity contribution in [3.8, 4) is 0 Å². The summed E-state index contributed by atoms with van der Waals surface area (Å²) >= 11 is 0. The maximum atomic E-state index is 12.6. The standard InChI is InChI=1S/C18H25F3N2O2S/c1-26(24,25)22-17(12-14-2-3-14)8-10-23(11-9-17)13-15-4-6-16(7-5-15)18(19,20)21/h4-7,14,22H,2-3,8-13H2,1H3. The number of sulfonamides is 1. The molecule has 1 N–H and O–H groups in total. The number of rotatable bonds is 6. The van der Waals surface area contributed by atoms with Gasteiger partial charge in [0.2, 0.25) is 10.0 Å². The van der Waals surface area contributed by atoms with E-state index in [-0.39, 0.29) is 5.54 Å². The van der Waals surface area contributed by atoms with Gasteiger partial charge in [0.15, 0.2) is 0 Å². The summed E-state index contributed by atoms with van der Waals surface area (Å²) in [6.45, 7) is 2.04. The van der Waals surface area contributed by atoms with Gasteiger partial charge in [-0.25, -0.2) is 13.1 Å². The fourth-order valence-corrected chi connectivity index (χ4v) is 4.89. The van der Waals surface area contributed by atoms with E-state index in [1.165, 1.54) is 31.2 Å². The highest BCUT2D eigenvalue weighted by Crippen LogP contribution is 2.41. The zero-order chi connectivity index (χ0) is 19.0. The molecule has 1 saturated carbocycles. The number of piperidine rings is 1. The Kier molecular flexibility index (Phi) is 5.38. The summed E-state index contributed by atoms with van der Waals surface area (Å²) < 4.78 is 64.3. The van der Waals surface area contributed by atoms with Crippen LogP contribution in [0.1, 0.15) is 43.2 Å². The molecule has 1 aliphatic heterocycles. The summed E-state index contributed by atoms with van der Waals surface area (Å²) in [5.41, 5.74) is -0.171. The monoisotopic (exact) mass is 390 g/mol. The Hall–Kier alpha value is -1.12. The fourth-order valence-electron chi connectivity index (χ4n) is 3.81. The second kappa shape index (κ2) is 7.13. The van der Waals surface area contributed by atoms with Crippen molar-refractivity contribution in [3.63, 3.8) is 0 Å². The lowest BCUT2D eigenvalue weighted by Crippen LogP contribution is -2.55. The first-order valence-corrected chi connectivity index (χ1v) is 10.8. The van der Waals surface area contributed by atoms with E-state index in [1.807, 2.05) is 0 Å². The Labute approximate surface area is 152 Å². The maximum absolute atomic E-state index is 12.6. The molecule has 0 radical (unpaired) electrons. The third-order valence-corrected chi connectivity index (χ3v) is 6.08. The zero-order valence-corrected chi connectivity index (χ0v) is 15.7. The molecule has 1 aromatic rings. The lowest BCUT2D eigenvalue weighted by Gasteiger charge is -2.42. The van der Waals surface area contributed by atoms with Crippen molar-refractivity contribution >= 4 is 10.0 Å². The highest BCUT2D eigenvalue weighted by atomic mass is 32.2. The molecule has 4 nitrogen and oxygen atoms in total. The van der Waals surface area contributed by atoms with Crippen LogP contribution in [0.15, 0.2) is 24.3 Å². The van der Waals surface area contributed by atoms with Gasteiger partial charge in [-0.15, -0.1) is 0 Å². The molecule has 1 aromatic carbocycles. The number of benzene rings is 1. The van der Waals surface area contributed by atoms with Gasteiger partial charge in [0.1, 0.15) is 0 Å². The second-order valence-corrected chi connectivity index (χ2v) is 9.52. The van der Waals surface area contributed by atoms with Crippen LogP contribution >= 0.6 is 0 Å². The van der Waals surface area contributed by atoms with Crippen LogP contribution in [0, 0.1) is 5.92 Å². The number of nitrogens with zero attached hydrogens (tertiary/aromatic N) is 1. The van der Waals surface area contributed by atoms with Crippen molar-refractivity contribution in [2.45, 2.75) is 50.4 Å². The molecular formula is C18H25F3N2O2S. The highest BCUT2D eigenvalue weighted by molar-refractivity contribution is 7.88. The molecule has 3 rings (SSSR count). The van der Waals surface area contributed by atoms with Crippen molar-refractivity contribution in [2.24, 2.45) is 5.92 Å². The van der Waals surface area contributed by atoms with Crippen LogP contribution in [0.3, 0.4) is 0 Å². The molecule has 0 bridgehead atoms. The number of halogens is 3. The van der Waals surface area contributed by atoms with Crippen LogP contribution in [-0.2, 0) is 22.7 Å². The van der Waals surface area contributed by atoms with Crippen molar-refractivity contribution < 1.29 is 21.6 Å². The maximum Gasteiger partial charge on any atom is 0.416 e. The summed E-state index contributed by atoms with van der Waals surface area (Å²) in [6, 6.07) is 5.26. The van der Waals surface area contributed by atoms with Crippen LogP contribution in [0.4, 0.5) is 13.2 Å². The van der Waals surface area contributed by atoms with Crippen LogP contribution in [0.5, 0.6) is 0 Å². The van der Waals surface area contributed by atoms with Gasteiger partial charge in [-0.3, -0.25) is 4.90 Å². The van der Waals surface area contributed by atoms with E-state index >= 15 is 0 Å². The predicted octanol–water partition coefficient (Wildman–Crippen LogP) is 3.39. The summed E-state index contributed by atoms with van der Waals surface area (Å²) in [7, 11) is -3.27. The number of hydrogen-bond acceptors (Lipinski definition) is 3. The van der Waals surface area contributed by atoms with Gasteiger partial charge < -0.3 is 0 Å². The van der Waals surface area contributed by atoms with E-state index in [1.54, 1.807) is 0 Å². The van der Waals surface area contributed by atoms with Gasteiger partial charge in [-0.1, -0.05) is 25.0 Å². The fraction of sp³-hybridized carbons (Fsp3) is 0.667. The zero-order valence-electron chi connectivity index (χ0n) is 14.8. The lowest BCUT2D eigenvalue weighted by atomic mass is 9.83. The minimum Gasteiger partial charge on any atom is -0.299 e. The summed E-state index contributed by atoms with van der Waals surface area (Å²) in [4.78, 5) is 2.18. The Morgan fingerprint density at radius 3 is 2.19 bits per heavy atom. The van der Waals surface area contributed by atoms with Crippen molar-refractivity contribution in [3.05, 3.63) is 35.4 Å². The van der Waals surface area contributed by atoms with Crippen molar-refractivity contribution in [2.75, 3.05) is 19.3 Å². The van der Waals surface area contributed by atoms with Crippen LogP contribution in [0.25, 0.3) is 0 Å². The Bertz CT molecular complexity index is 720. The van der Waals surface area contributed by atoms with E-state index < -0.39 is 21.8 Å². The van der Waals surface area contributed by atoms with E-state index in [9.17, 15) is 21.6 Å². The number of alkyl halides is 3. The first kappa shape index (κ1) is 19.6.